The number of carbonyl (C=O) groups excluding carboxylic acids is 2. The number of carbonyl (C=O) groups is 2. The van der Waals surface area contributed by atoms with Gasteiger partial charge in [0.05, 0.1) is 30.4 Å². The van der Waals surface area contributed by atoms with Gasteiger partial charge in [-0.15, -0.1) is 0 Å². The predicted octanol–water partition coefficient (Wildman–Crippen LogP) is 5.22. The standard InChI is InChI=1S/C27H22ClNO5/c1-15-4-3-5-17(12-15)24-23(25(30)18-6-8-21-16(13-18)10-11-34-21)26(31)27(32)29(24)19-7-9-22(33-2)20(28)14-19/h3-9,12-14,24,30H,10-11H2,1-2H3/b25-23-. The molecule has 0 spiro atoms. The molecule has 0 aromatic heterocycles. The molecular weight excluding hydrogens is 454 g/mol. The second-order valence-electron chi connectivity index (χ2n) is 8.32. The Labute approximate surface area is 202 Å². The molecule has 3 aromatic rings. The minimum absolute atomic E-state index is 0.0291. The number of fused-ring (bicyclic) bond motifs is 1. The van der Waals surface area contributed by atoms with Crippen LogP contribution in [0.25, 0.3) is 5.76 Å². The molecule has 0 saturated carbocycles. The lowest BCUT2D eigenvalue weighted by molar-refractivity contribution is -0.132. The number of halogens is 1. The molecule has 7 heteroatoms. The monoisotopic (exact) mass is 475 g/mol. The van der Waals surface area contributed by atoms with E-state index in [0.29, 0.717) is 34.2 Å². The number of Topliss-reactive ketones (excluding diaryl/α,β-unsaturated/α-hetero) is 1. The van der Waals surface area contributed by atoms with E-state index in [9.17, 15) is 14.7 Å². The minimum Gasteiger partial charge on any atom is -0.507 e. The van der Waals surface area contributed by atoms with E-state index in [1.165, 1.54) is 12.0 Å². The second-order valence-corrected chi connectivity index (χ2v) is 8.73. The van der Waals surface area contributed by atoms with Gasteiger partial charge in [-0.25, -0.2) is 0 Å². The molecule has 1 atom stereocenters. The number of anilines is 1. The molecule has 6 nitrogen and oxygen atoms in total. The molecule has 3 aromatic carbocycles. The molecule has 1 amide bonds. The largest absolute Gasteiger partial charge is 0.507 e. The first kappa shape index (κ1) is 22.0. The van der Waals surface area contributed by atoms with E-state index >= 15 is 0 Å². The van der Waals surface area contributed by atoms with Crippen LogP contribution < -0.4 is 14.4 Å². The normalized spacial score (nSPS) is 18.7. The smallest absolute Gasteiger partial charge is 0.300 e. The summed E-state index contributed by atoms with van der Waals surface area (Å²) in [7, 11) is 1.50. The van der Waals surface area contributed by atoms with Crippen LogP contribution in [0.15, 0.2) is 66.2 Å². The second kappa shape index (κ2) is 8.54. The number of rotatable bonds is 4. The van der Waals surface area contributed by atoms with Gasteiger partial charge in [-0.05, 0) is 54.4 Å². The highest BCUT2D eigenvalue weighted by Gasteiger charge is 2.47. The van der Waals surface area contributed by atoms with E-state index in [1.807, 2.05) is 37.3 Å². The summed E-state index contributed by atoms with van der Waals surface area (Å²) in [4.78, 5) is 28.0. The summed E-state index contributed by atoms with van der Waals surface area (Å²) in [6, 6.07) is 16.9. The Kier molecular flexibility index (Phi) is 5.54. The summed E-state index contributed by atoms with van der Waals surface area (Å²) in [5.41, 5.74) is 3.55. The van der Waals surface area contributed by atoms with Gasteiger partial charge in [-0.2, -0.15) is 0 Å². The average molecular weight is 476 g/mol. The molecule has 2 heterocycles. The maximum absolute atomic E-state index is 13.3. The lowest BCUT2D eigenvalue weighted by Crippen LogP contribution is -2.29. The van der Waals surface area contributed by atoms with Gasteiger partial charge in [-0.1, -0.05) is 41.4 Å². The van der Waals surface area contributed by atoms with E-state index < -0.39 is 17.7 Å². The summed E-state index contributed by atoms with van der Waals surface area (Å²) < 4.78 is 10.8. The van der Waals surface area contributed by atoms with Crippen LogP contribution in [-0.4, -0.2) is 30.5 Å². The van der Waals surface area contributed by atoms with Crippen LogP contribution in [0.1, 0.15) is 28.3 Å². The summed E-state index contributed by atoms with van der Waals surface area (Å²) >= 11 is 6.34. The van der Waals surface area contributed by atoms with Crippen molar-refractivity contribution in [3.05, 3.63) is 93.5 Å². The van der Waals surface area contributed by atoms with Crippen LogP contribution in [0.3, 0.4) is 0 Å². The maximum atomic E-state index is 13.3. The van der Waals surface area contributed by atoms with Crippen LogP contribution in [0, 0.1) is 6.92 Å². The highest BCUT2D eigenvalue weighted by atomic mass is 35.5. The molecule has 0 radical (unpaired) electrons. The molecular formula is C27H22ClNO5. The topological polar surface area (TPSA) is 76.1 Å². The van der Waals surface area contributed by atoms with E-state index in [2.05, 4.69) is 0 Å². The fraction of sp³-hybridized carbons (Fsp3) is 0.185. The number of aryl methyl sites for hydroxylation is 1. The third-order valence-corrected chi connectivity index (χ3v) is 6.47. The van der Waals surface area contributed by atoms with Gasteiger partial charge in [0.15, 0.2) is 0 Å². The van der Waals surface area contributed by atoms with Crippen LogP contribution in [-0.2, 0) is 16.0 Å². The van der Waals surface area contributed by atoms with Crippen molar-refractivity contribution in [3.8, 4) is 11.5 Å². The van der Waals surface area contributed by atoms with Gasteiger partial charge >= 0.3 is 0 Å². The Hall–Kier alpha value is -3.77. The molecule has 1 fully saturated rings. The first-order valence-corrected chi connectivity index (χ1v) is 11.2. The number of ether oxygens (including phenoxy) is 2. The first-order valence-electron chi connectivity index (χ1n) is 10.9. The third-order valence-electron chi connectivity index (χ3n) is 6.18. The zero-order chi connectivity index (χ0) is 24.0. The molecule has 2 aliphatic rings. The van der Waals surface area contributed by atoms with Crippen LogP contribution in [0.4, 0.5) is 5.69 Å². The minimum atomic E-state index is -0.825. The molecule has 34 heavy (non-hydrogen) atoms. The Morgan fingerprint density at radius 2 is 1.94 bits per heavy atom. The van der Waals surface area contributed by atoms with Crippen molar-refractivity contribution in [2.45, 2.75) is 19.4 Å². The number of aliphatic hydroxyl groups is 1. The SMILES string of the molecule is COc1ccc(N2C(=O)C(=O)/C(=C(\O)c3ccc4c(c3)CCO4)C2c2cccc(C)c2)cc1Cl. The predicted molar refractivity (Wildman–Crippen MR) is 130 cm³/mol. The quantitative estimate of drug-likeness (QED) is 0.318. The molecule has 0 bridgehead atoms. The summed E-state index contributed by atoms with van der Waals surface area (Å²) in [6.07, 6.45) is 0.719. The first-order chi connectivity index (χ1) is 16.4. The van der Waals surface area contributed by atoms with Crippen molar-refractivity contribution in [1.82, 2.24) is 0 Å². The Morgan fingerprint density at radius 3 is 2.68 bits per heavy atom. The lowest BCUT2D eigenvalue weighted by Gasteiger charge is -2.26. The van der Waals surface area contributed by atoms with Crippen LogP contribution >= 0.6 is 11.6 Å². The Bertz CT molecular complexity index is 1360. The molecule has 1 saturated heterocycles. The van der Waals surface area contributed by atoms with Crippen molar-refractivity contribution in [2.75, 3.05) is 18.6 Å². The molecule has 2 aliphatic heterocycles. The summed E-state index contributed by atoms with van der Waals surface area (Å²) in [5, 5.41) is 11.6. The maximum Gasteiger partial charge on any atom is 0.300 e. The van der Waals surface area contributed by atoms with Gasteiger partial charge in [0.2, 0.25) is 0 Å². The Balaban J connectivity index is 1.70. The van der Waals surface area contributed by atoms with Gasteiger partial charge in [0.1, 0.15) is 17.3 Å². The van der Waals surface area contributed by atoms with Gasteiger partial charge in [-0.3, -0.25) is 14.5 Å². The van der Waals surface area contributed by atoms with Crippen LogP contribution in [0.2, 0.25) is 5.02 Å². The number of ketones is 1. The number of nitrogens with zero attached hydrogens (tertiary/aromatic N) is 1. The van der Waals surface area contributed by atoms with E-state index in [4.69, 9.17) is 21.1 Å². The summed E-state index contributed by atoms with van der Waals surface area (Å²) in [6.45, 7) is 2.51. The molecule has 172 valence electrons. The zero-order valence-corrected chi connectivity index (χ0v) is 19.4. The number of hydrogen-bond acceptors (Lipinski definition) is 5. The van der Waals surface area contributed by atoms with Crippen molar-refractivity contribution >= 4 is 34.7 Å². The fourth-order valence-electron chi connectivity index (χ4n) is 4.55. The van der Waals surface area contributed by atoms with Gasteiger partial charge < -0.3 is 14.6 Å². The number of methoxy groups -OCH3 is 1. The van der Waals surface area contributed by atoms with Crippen molar-refractivity contribution in [3.63, 3.8) is 0 Å². The van der Waals surface area contributed by atoms with Gasteiger partial charge in [0.25, 0.3) is 11.7 Å². The van der Waals surface area contributed by atoms with Crippen molar-refractivity contribution in [2.24, 2.45) is 0 Å². The van der Waals surface area contributed by atoms with E-state index in [-0.39, 0.29) is 11.3 Å². The van der Waals surface area contributed by atoms with E-state index in [0.717, 1.165) is 23.3 Å². The fourth-order valence-corrected chi connectivity index (χ4v) is 4.80. The number of amides is 1. The summed E-state index contributed by atoms with van der Waals surface area (Å²) in [5.74, 6) is -0.497. The third kappa shape index (κ3) is 3.60. The average Bonchev–Trinajstić information content (AvgIpc) is 3.40. The molecule has 1 unspecified atom stereocenters. The highest BCUT2D eigenvalue weighted by molar-refractivity contribution is 6.51. The molecule has 1 N–H and O–H groups in total. The van der Waals surface area contributed by atoms with Crippen molar-refractivity contribution < 1.29 is 24.2 Å². The Morgan fingerprint density at radius 1 is 1.12 bits per heavy atom. The molecule has 0 aliphatic carbocycles. The number of benzene rings is 3. The van der Waals surface area contributed by atoms with Gasteiger partial charge in [0, 0.05) is 17.7 Å². The number of hydrogen-bond donors (Lipinski definition) is 1. The lowest BCUT2D eigenvalue weighted by atomic mass is 9.93. The zero-order valence-electron chi connectivity index (χ0n) is 18.7. The number of aliphatic hydroxyl groups excluding tert-OH is 1. The van der Waals surface area contributed by atoms with E-state index in [1.54, 1.807) is 30.3 Å². The molecule has 5 rings (SSSR count). The highest BCUT2D eigenvalue weighted by Crippen LogP contribution is 2.44. The van der Waals surface area contributed by atoms with Crippen molar-refractivity contribution in [1.29, 1.82) is 0 Å². The van der Waals surface area contributed by atoms with Crippen LogP contribution in [0.5, 0.6) is 11.5 Å².